The minimum absolute atomic E-state index is 0.166. The Morgan fingerprint density at radius 2 is 2.10 bits per heavy atom. The summed E-state index contributed by atoms with van der Waals surface area (Å²) in [6.07, 6.45) is 6.25. The number of ketones is 1. The average Bonchev–Trinajstić information content (AvgIpc) is 2.89. The first-order valence-electron chi connectivity index (χ1n) is 7.88. The van der Waals surface area contributed by atoms with Crippen molar-refractivity contribution in [2.24, 2.45) is 5.92 Å². The molecule has 2 bridgehead atoms. The van der Waals surface area contributed by atoms with Crippen molar-refractivity contribution in [3.63, 3.8) is 0 Å². The summed E-state index contributed by atoms with van der Waals surface area (Å²) in [6.45, 7) is 1.99. The number of rotatable bonds is 4. The summed E-state index contributed by atoms with van der Waals surface area (Å²) in [5.41, 5.74) is 2.56. The van der Waals surface area contributed by atoms with E-state index in [1.54, 1.807) is 0 Å². The van der Waals surface area contributed by atoms with Crippen LogP contribution in [0.3, 0.4) is 0 Å². The van der Waals surface area contributed by atoms with Crippen molar-refractivity contribution in [2.45, 2.75) is 50.6 Å². The Morgan fingerprint density at radius 3 is 2.76 bits per heavy atom. The molecular formula is C18H22INO. The highest BCUT2D eigenvalue weighted by Crippen LogP contribution is 2.42. The number of carbonyl (C=O) groups is 1. The summed E-state index contributed by atoms with van der Waals surface area (Å²) in [5.74, 6) is 0.989. The van der Waals surface area contributed by atoms with Gasteiger partial charge < -0.3 is 5.32 Å². The van der Waals surface area contributed by atoms with E-state index in [2.05, 4.69) is 58.2 Å². The Hall–Kier alpha value is -0.680. The predicted molar refractivity (Wildman–Crippen MR) is 95.6 cm³/mol. The Bertz CT molecular complexity index is 537. The number of fused-ring (bicyclic) bond motifs is 2. The molecule has 2 nitrogen and oxygen atoms in total. The van der Waals surface area contributed by atoms with E-state index in [0.717, 1.165) is 12.8 Å². The molecule has 4 atom stereocenters. The molecule has 1 aromatic carbocycles. The van der Waals surface area contributed by atoms with E-state index in [1.807, 2.05) is 11.0 Å². The number of piperidine rings is 1. The normalized spacial score (nSPS) is 31.7. The number of nitrogens with one attached hydrogen (secondary N) is 1. The van der Waals surface area contributed by atoms with E-state index >= 15 is 0 Å². The van der Waals surface area contributed by atoms with Gasteiger partial charge in [-0.15, -0.1) is 0 Å². The van der Waals surface area contributed by atoms with Crippen LogP contribution < -0.4 is 5.32 Å². The summed E-state index contributed by atoms with van der Waals surface area (Å²) in [5, 5.41) is 3.65. The highest BCUT2D eigenvalue weighted by Gasteiger charge is 2.44. The fraction of sp³-hybridized carbons (Fsp3) is 0.500. The maximum absolute atomic E-state index is 12.5. The Morgan fingerprint density at radius 1 is 1.33 bits per heavy atom. The molecule has 2 fully saturated rings. The van der Waals surface area contributed by atoms with Crippen LogP contribution >= 0.6 is 22.6 Å². The molecule has 0 radical (unpaired) electrons. The summed E-state index contributed by atoms with van der Waals surface area (Å²) in [4.78, 5) is 12.5. The van der Waals surface area contributed by atoms with Gasteiger partial charge in [0.1, 0.15) is 5.78 Å². The molecule has 2 saturated heterocycles. The number of carbonyl (C=O) groups excluding carboxylic acids is 1. The first kappa shape index (κ1) is 15.2. The lowest BCUT2D eigenvalue weighted by molar-refractivity contribution is -0.124. The van der Waals surface area contributed by atoms with Gasteiger partial charge in [-0.25, -0.2) is 0 Å². The zero-order valence-electron chi connectivity index (χ0n) is 12.4. The monoisotopic (exact) mass is 395 g/mol. The van der Waals surface area contributed by atoms with Crippen LogP contribution in [0.4, 0.5) is 0 Å². The minimum Gasteiger partial charge on any atom is -0.310 e. The second-order valence-corrected chi connectivity index (χ2v) is 6.91. The molecule has 1 aromatic rings. The largest absolute Gasteiger partial charge is 0.310 e. The van der Waals surface area contributed by atoms with Gasteiger partial charge in [0, 0.05) is 24.4 Å². The predicted octanol–water partition coefficient (Wildman–Crippen LogP) is 4.30. The average molecular weight is 395 g/mol. The van der Waals surface area contributed by atoms with Gasteiger partial charge >= 0.3 is 0 Å². The van der Waals surface area contributed by atoms with E-state index in [-0.39, 0.29) is 5.92 Å². The van der Waals surface area contributed by atoms with Crippen LogP contribution in [-0.4, -0.2) is 17.9 Å². The van der Waals surface area contributed by atoms with Gasteiger partial charge in [0.15, 0.2) is 0 Å². The van der Waals surface area contributed by atoms with E-state index in [0.29, 0.717) is 30.2 Å². The summed E-state index contributed by atoms with van der Waals surface area (Å²) >= 11 is 2.24. The SMILES string of the molecule is CCC(=O)[C@H]1[C@@H](c2ccc(/C=C/I)cc2)C[C@@H]2CC[C@H]1N2. The Kier molecular flexibility index (Phi) is 4.79. The Labute approximate surface area is 140 Å². The van der Waals surface area contributed by atoms with E-state index < -0.39 is 0 Å². The van der Waals surface area contributed by atoms with Crippen molar-refractivity contribution in [1.82, 2.24) is 5.32 Å². The molecule has 21 heavy (non-hydrogen) atoms. The molecule has 0 aliphatic carbocycles. The van der Waals surface area contributed by atoms with Gasteiger partial charge in [-0.1, -0.05) is 53.8 Å². The first-order chi connectivity index (χ1) is 10.2. The number of hydrogen-bond acceptors (Lipinski definition) is 2. The van der Waals surface area contributed by atoms with Crippen molar-refractivity contribution < 1.29 is 4.79 Å². The van der Waals surface area contributed by atoms with Crippen molar-refractivity contribution in [3.05, 3.63) is 39.5 Å². The molecular weight excluding hydrogens is 373 g/mol. The van der Waals surface area contributed by atoms with Crippen molar-refractivity contribution in [1.29, 1.82) is 0 Å². The van der Waals surface area contributed by atoms with Gasteiger partial charge in [0.2, 0.25) is 0 Å². The van der Waals surface area contributed by atoms with Gasteiger partial charge in [0.05, 0.1) is 0 Å². The molecule has 3 heteroatoms. The molecule has 2 heterocycles. The third-order valence-corrected chi connectivity index (χ3v) is 5.38. The van der Waals surface area contributed by atoms with Crippen LogP contribution in [0.1, 0.15) is 49.7 Å². The van der Waals surface area contributed by atoms with Crippen LogP contribution in [0.2, 0.25) is 0 Å². The van der Waals surface area contributed by atoms with Gasteiger partial charge in [0.25, 0.3) is 0 Å². The molecule has 2 aliphatic rings. The lowest BCUT2D eigenvalue weighted by Crippen LogP contribution is -2.47. The lowest BCUT2D eigenvalue weighted by atomic mass is 9.74. The fourth-order valence-corrected chi connectivity index (χ4v) is 4.42. The van der Waals surface area contributed by atoms with Gasteiger partial charge in [-0.2, -0.15) is 0 Å². The van der Waals surface area contributed by atoms with Gasteiger partial charge in [-0.3, -0.25) is 4.79 Å². The lowest BCUT2D eigenvalue weighted by Gasteiger charge is -2.37. The highest BCUT2D eigenvalue weighted by molar-refractivity contribution is 14.1. The zero-order valence-corrected chi connectivity index (χ0v) is 14.5. The zero-order chi connectivity index (χ0) is 14.8. The third-order valence-electron chi connectivity index (χ3n) is 5.02. The van der Waals surface area contributed by atoms with E-state index in [9.17, 15) is 4.79 Å². The molecule has 3 rings (SSSR count). The Balaban J connectivity index is 1.88. The molecule has 0 spiro atoms. The highest BCUT2D eigenvalue weighted by atomic mass is 127. The van der Waals surface area contributed by atoms with Gasteiger partial charge in [-0.05, 0) is 46.5 Å². The molecule has 0 saturated carbocycles. The number of hydrogen-bond donors (Lipinski definition) is 1. The van der Waals surface area contributed by atoms with Crippen LogP contribution in [0.25, 0.3) is 6.08 Å². The topological polar surface area (TPSA) is 29.1 Å². The standard InChI is InChI=1S/C18H22INO/c1-2-17(21)18-15(11-14-7-8-16(18)20-14)13-5-3-12(4-6-13)9-10-19/h3-6,9-10,14-16,18,20H,2,7-8,11H2,1H3/b10-9+/t14-,15+,16+,18-/m0/s1. The summed E-state index contributed by atoms with van der Waals surface area (Å²) in [7, 11) is 0. The van der Waals surface area contributed by atoms with E-state index in [1.165, 1.54) is 17.5 Å². The second kappa shape index (κ2) is 6.61. The maximum atomic E-state index is 12.5. The van der Waals surface area contributed by atoms with Crippen molar-refractivity contribution in [2.75, 3.05) is 0 Å². The number of Topliss-reactive ketones (excluding diaryl/α,β-unsaturated/α-hetero) is 1. The van der Waals surface area contributed by atoms with Crippen LogP contribution in [0.5, 0.6) is 0 Å². The van der Waals surface area contributed by atoms with Crippen molar-refractivity contribution >= 4 is 34.5 Å². The third kappa shape index (κ3) is 3.09. The fourth-order valence-electron chi connectivity index (χ4n) is 4.01. The smallest absolute Gasteiger partial charge is 0.137 e. The number of benzene rings is 1. The van der Waals surface area contributed by atoms with E-state index in [4.69, 9.17) is 0 Å². The molecule has 0 aromatic heterocycles. The number of halogens is 1. The minimum atomic E-state index is 0.166. The molecule has 2 aliphatic heterocycles. The van der Waals surface area contributed by atoms with Crippen LogP contribution in [0.15, 0.2) is 28.3 Å². The molecule has 112 valence electrons. The molecule has 0 unspecified atom stereocenters. The van der Waals surface area contributed by atoms with Crippen molar-refractivity contribution in [3.8, 4) is 0 Å². The molecule has 0 amide bonds. The second-order valence-electron chi connectivity index (χ2n) is 6.19. The maximum Gasteiger partial charge on any atom is 0.137 e. The quantitative estimate of drug-likeness (QED) is 0.771. The van der Waals surface area contributed by atoms with Crippen LogP contribution in [0, 0.1) is 5.92 Å². The van der Waals surface area contributed by atoms with Crippen LogP contribution in [-0.2, 0) is 4.79 Å². The summed E-state index contributed by atoms with van der Waals surface area (Å²) < 4.78 is 2.03. The summed E-state index contributed by atoms with van der Waals surface area (Å²) in [6, 6.07) is 9.78. The molecule has 1 N–H and O–H groups in total. The first-order valence-corrected chi connectivity index (χ1v) is 9.13.